The van der Waals surface area contributed by atoms with Gasteiger partial charge in [-0.1, -0.05) is 6.07 Å². The number of nitrogens with two attached hydrogens (primary N) is 1. The number of amides is 1. The molecule has 0 aliphatic carbocycles. The molecule has 4 nitrogen and oxygen atoms in total. The Morgan fingerprint density at radius 1 is 1.25 bits per heavy atom. The molecule has 0 saturated carbocycles. The normalized spacial score (nSPS) is 10.9. The Bertz CT molecular complexity index is 843. The number of thiazole rings is 1. The third-order valence-electron chi connectivity index (χ3n) is 3.45. The van der Waals surface area contributed by atoms with Crippen molar-refractivity contribution in [3.8, 4) is 10.6 Å². The first-order chi connectivity index (χ1) is 11.7. The van der Waals surface area contributed by atoms with E-state index in [0.29, 0.717) is 12.3 Å². The minimum absolute atomic E-state index is 0.00309. The van der Waals surface area contributed by atoms with Gasteiger partial charge in [-0.2, -0.15) is 11.8 Å². The van der Waals surface area contributed by atoms with Crippen molar-refractivity contribution in [2.75, 3.05) is 23.4 Å². The maximum atomic E-state index is 11.8. The van der Waals surface area contributed by atoms with E-state index >= 15 is 0 Å². The van der Waals surface area contributed by atoms with Crippen molar-refractivity contribution in [3.05, 3.63) is 48.0 Å². The first-order valence-corrected chi connectivity index (χ1v) is 9.68. The average Bonchev–Trinajstić information content (AvgIpc) is 2.99. The van der Waals surface area contributed by atoms with E-state index in [0.717, 1.165) is 27.5 Å². The lowest BCUT2D eigenvalue weighted by Gasteiger charge is -2.05. The second-order valence-corrected chi connectivity index (χ2v) is 7.59. The molecular formula is C18H19N3OS2. The van der Waals surface area contributed by atoms with E-state index in [1.165, 1.54) is 22.0 Å². The van der Waals surface area contributed by atoms with Crippen LogP contribution in [0.25, 0.3) is 20.8 Å². The molecule has 6 heteroatoms. The van der Waals surface area contributed by atoms with E-state index in [9.17, 15) is 4.79 Å². The number of hydrogen-bond donors (Lipinski definition) is 2. The van der Waals surface area contributed by atoms with Gasteiger partial charge in [0.25, 0.3) is 0 Å². The highest BCUT2D eigenvalue weighted by Gasteiger charge is 2.07. The largest absolute Gasteiger partial charge is 0.330 e. The van der Waals surface area contributed by atoms with Gasteiger partial charge in [0.15, 0.2) is 0 Å². The summed E-state index contributed by atoms with van der Waals surface area (Å²) in [6, 6.07) is 14.1. The lowest BCUT2D eigenvalue weighted by atomic mass is 10.2. The number of aromatic nitrogens is 1. The van der Waals surface area contributed by atoms with Crippen molar-refractivity contribution in [1.29, 1.82) is 0 Å². The highest BCUT2D eigenvalue weighted by molar-refractivity contribution is 7.99. The van der Waals surface area contributed by atoms with Gasteiger partial charge in [0.05, 0.1) is 16.0 Å². The first kappa shape index (κ1) is 17.0. The van der Waals surface area contributed by atoms with Crippen molar-refractivity contribution in [1.82, 2.24) is 4.98 Å². The molecule has 0 spiro atoms. The number of rotatable bonds is 6. The van der Waals surface area contributed by atoms with Crippen molar-refractivity contribution < 1.29 is 4.79 Å². The van der Waals surface area contributed by atoms with Gasteiger partial charge in [-0.3, -0.25) is 4.79 Å². The van der Waals surface area contributed by atoms with Crippen LogP contribution in [0.3, 0.4) is 0 Å². The quantitative estimate of drug-likeness (QED) is 0.657. The number of carbonyl (C=O) groups is 1. The summed E-state index contributed by atoms with van der Waals surface area (Å²) < 4.78 is 1.19. The Hall–Kier alpha value is -1.89. The zero-order valence-electron chi connectivity index (χ0n) is 13.4. The van der Waals surface area contributed by atoms with Crippen LogP contribution >= 0.6 is 23.1 Å². The van der Waals surface area contributed by atoms with Crippen LogP contribution in [-0.2, 0) is 4.79 Å². The van der Waals surface area contributed by atoms with E-state index in [-0.39, 0.29) is 5.91 Å². The Labute approximate surface area is 149 Å². The molecule has 1 aromatic heterocycles. The molecule has 0 unspecified atom stereocenters. The summed E-state index contributed by atoms with van der Waals surface area (Å²) >= 11 is 3.22. The standard InChI is InChI=1S/C18H19N3OS2/c1-12-2-7-15-16(10-12)24-18(21-15)13-3-5-14(6-4-13)20-17(22)11-23-9-8-19/h2-7,10H,8-9,11,19H2,1H3,(H,20,22). The summed E-state index contributed by atoms with van der Waals surface area (Å²) in [5.74, 6) is 1.22. The first-order valence-electron chi connectivity index (χ1n) is 7.71. The lowest BCUT2D eigenvalue weighted by Crippen LogP contribution is -2.15. The molecule has 0 fully saturated rings. The number of thioether (sulfide) groups is 1. The van der Waals surface area contributed by atoms with Crippen LogP contribution in [0.15, 0.2) is 42.5 Å². The summed E-state index contributed by atoms with van der Waals surface area (Å²) in [4.78, 5) is 16.5. The summed E-state index contributed by atoms with van der Waals surface area (Å²) in [6.45, 7) is 2.68. The number of aryl methyl sites for hydroxylation is 1. The predicted molar refractivity (Wildman–Crippen MR) is 105 cm³/mol. The van der Waals surface area contributed by atoms with Crippen LogP contribution in [0.4, 0.5) is 5.69 Å². The number of benzene rings is 2. The smallest absolute Gasteiger partial charge is 0.234 e. The minimum atomic E-state index is -0.00309. The Morgan fingerprint density at radius 2 is 2.04 bits per heavy atom. The maximum Gasteiger partial charge on any atom is 0.234 e. The molecule has 3 aromatic rings. The molecule has 0 saturated heterocycles. The second kappa shape index (κ2) is 7.79. The van der Waals surface area contributed by atoms with Gasteiger partial charge in [-0.05, 0) is 48.9 Å². The van der Waals surface area contributed by atoms with E-state index < -0.39 is 0 Å². The van der Waals surface area contributed by atoms with Crippen molar-refractivity contribution in [3.63, 3.8) is 0 Å². The molecule has 1 amide bonds. The number of anilines is 1. The molecule has 1 heterocycles. The fourth-order valence-corrected chi connectivity index (χ4v) is 3.93. The number of fused-ring (bicyclic) bond motifs is 1. The van der Waals surface area contributed by atoms with E-state index in [1.807, 2.05) is 24.3 Å². The van der Waals surface area contributed by atoms with Crippen molar-refractivity contribution in [2.45, 2.75) is 6.92 Å². The lowest BCUT2D eigenvalue weighted by molar-refractivity contribution is -0.113. The third kappa shape index (κ3) is 4.14. The van der Waals surface area contributed by atoms with Crippen LogP contribution in [-0.4, -0.2) is 28.9 Å². The number of hydrogen-bond acceptors (Lipinski definition) is 5. The average molecular weight is 358 g/mol. The second-order valence-electron chi connectivity index (χ2n) is 5.46. The molecule has 24 heavy (non-hydrogen) atoms. The van der Waals surface area contributed by atoms with E-state index in [4.69, 9.17) is 5.73 Å². The van der Waals surface area contributed by atoms with Gasteiger partial charge in [0.2, 0.25) is 5.91 Å². The molecule has 3 rings (SSSR count). The molecule has 2 aromatic carbocycles. The molecule has 0 radical (unpaired) electrons. The molecular weight excluding hydrogens is 338 g/mol. The zero-order valence-corrected chi connectivity index (χ0v) is 15.0. The van der Waals surface area contributed by atoms with Crippen LogP contribution < -0.4 is 11.1 Å². The van der Waals surface area contributed by atoms with Gasteiger partial charge in [0.1, 0.15) is 5.01 Å². The monoisotopic (exact) mass is 357 g/mol. The SMILES string of the molecule is Cc1ccc2nc(-c3ccc(NC(=O)CSCCN)cc3)sc2c1. The highest BCUT2D eigenvalue weighted by atomic mass is 32.2. The Balaban J connectivity index is 1.70. The van der Waals surface area contributed by atoms with Gasteiger partial charge in [-0.15, -0.1) is 11.3 Å². The molecule has 0 aliphatic heterocycles. The van der Waals surface area contributed by atoms with Crippen LogP contribution in [0.1, 0.15) is 5.56 Å². The summed E-state index contributed by atoms with van der Waals surface area (Å²) in [5.41, 5.74) is 9.54. The van der Waals surface area contributed by atoms with Crippen LogP contribution in [0, 0.1) is 6.92 Å². The predicted octanol–water partition coefficient (Wildman–Crippen LogP) is 3.90. The zero-order chi connectivity index (χ0) is 16.9. The van der Waals surface area contributed by atoms with Crippen LogP contribution in [0.2, 0.25) is 0 Å². The van der Waals surface area contributed by atoms with E-state index in [2.05, 4.69) is 35.4 Å². The Kier molecular flexibility index (Phi) is 5.50. The summed E-state index contributed by atoms with van der Waals surface area (Å²) in [5, 5.41) is 3.89. The molecule has 124 valence electrons. The molecule has 0 aliphatic rings. The van der Waals surface area contributed by atoms with E-state index in [1.54, 1.807) is 11.3 Å². The maximum absolute atomic E-state index is 11.8. The highest BCUT2D eigenvalue weighted by Crippen LogP contribution is 2.31. The fraction of sp³-hybridized carbons (Fsp3) is 0.222. The third-order valence-corrected chi connectivity index (χ3v) is 5.51. The van der Waals surface area contributed by atoms with Crippen molar-refractivity contribution >= 4 is 44.9 Å². The summed E-state index contributed by atoms with van der Waals surface area (Å²) in [7, 11) is 0. The molecule has 0 bridgehead atoms. The number of nitrogens with zero attached hydrogens (tertiary/aromatic N) is 1. The number of nitrogens with one attached hydrogen (secondary N) is 1. The number of carbonyl (C=O) groups excluding carboxylic acids is 1. The van der Waals surface area contributed by atoms with Gasteiger partial charge in [0, 0.05) is 23.5 Å². The Morgan fingerprint density at radius 3 is 2.79 bits per heavy atom. The fourth-order valence-electron chi connectivity index (χ4n) is 2.30. The topological polar surface area (TPSA) is 68.0 Å². The summed E-state index contributed by atoms with van der Waals surface area (Å²) in [6.07, 6.45) is 0. The van der Waals surface area contributed by atoms with Gasteiger partial charge < -0.3 is 11.1 Å². The van der Waals surface area contributed by atoms with Crippen molar-refractivity contribution in [2.24, 2.45) is 5.73 Å². The van der Waals surface area contributed by atoms with Crippen LogP contribution in [0.5, 0.6) is 0 Å². The molecule has 3 N–H and O–H groups in total. The van der Waals surface area contributed by atoms with Gasteiger partial charge >= 0.3 is 0 Å². The molecule has 0 atom stereocenters. The van der Waals surface area contributed by atoms with Gasteiger partial charge in [-0.25, -0.2) is 4.98 Å². The minimum Gasteiger partial charge on any atom is -0.330 e.